The van der Waals surface area contributed by atoms with Gasteiger partial charge in [-0.05, 0) is 36.4 Å². The van der Waals surface area contributed by atoms with Gasteiger partial charge >= 0.3 is 0 Å². The Bertz CT molecular complexity index is 1060. The maximum Gasteiger partial charge on any atom is 0.248 e. The molecule has 3 aromatic rings. The number of aromatic nitrogens is 3. The Kier molecular flexibility index (Phi) is 6.87. The molecule has 0 saturated heterocycles. The first-order valence-corrected chi connectivity index (χ1v) is 10.0. The van der Waals surface area contributed by atoms with Crippen LogP contribution in [0.15, 0.2) is 66.3 Å². The molecule has 2 aromatic carbocycles. The standard InChI is InChI=1S/C21H21N5O3S/c1-3-12-26-20(16-6-4-5-7-17(16)29-2)24-25-21(26)30-13-18(27)23-15-10-8-14(9-11-15)19(22)28/h3-11H,1,12-13H2,2H3,(H2,22,28)(H,23,27). The first-order chi connectivity index (χ1) is 14.5. The van der Waals surface area contributed by atoms with Crippen molar-refractivity contribution in [2.24, 2.45) is 5.73 Å². The summed E-state index contributed by atoms with van der Waals surface area (Å²) >= 11 is 1.27. The molecule has 8 nitrogen and oxygen atoms in total. The molecule has 0 aliphatic rings. The molecule has 0 unspecified atom stereocenters. The van der Waals surface area contributed by atoms with Gasteiger partial charge in [0.05, 0.1) is 18.4 Å². The summed E-state index contributed by atoms with van der Waals surface area (Å²) in [6, 6.07) is 13.9. The fraction of sp³-hybridized carbons (Fsp3) is 0.143. The van der Waals surface area contributed by atoms with Gasteiger partial charge in [0.1, 0.15) is 5.75 Å². The number of thioether (sulfide) groups is 1. The van der Waals surface area contributed by atoms with E-state index in [1.807, 2.05) is 28.8 Å². The Labute approximate surface area is 178 Å². The fourth-order valence-electron chi connectivity index (χ4n) is 2.76. The smallest absolute Gasteiger partial charge is 0.248 e. The molecule has 0 spiro atoms. The SMILES string of the molecule is C=CCn1c(SCC(=O)Nc2ccc(C(N)=O)cc2)nnc1-c1ccccc1OC. The van der Waals surface area contributed by atoms with Crippen molar-refractivity contribution in [1.29, 1.82) is 0 Å². The van der Waals surface area contributed by atoms with Crippen molar-refractivity contribution in [2.75, 3.05) is 18.2 Å². The van der Waals surface area contributed by atoms with Crippen LogP contribution >= 0.6 is 11.8 Å². The second kappa shape index (κ2) is 9.75. The fourth-order valence-corrected chi connectivity index (χ4v) is 3.51. The zero-order valence-electron chi connectivity index (χ0n) is 16.4. The number of methoxy groups -OCH3 is 1. The van der Waals surface area contributed by atoms with E-state index in [9.17, 15) is 9.59 Å². The minimum atomic E-state index is -0.518. The van der Waals surface area contributed by atoms with E-state index in [1.165, 1.54) is 11.8 Å². The molecule has 0 fully saturated rings. The molecule has 0 aliphatic carbocycles. The summed E-state index contributed by atoms with van der Waals surface area (Å²) < 4.78 is 7.30. The number of allylic oxidation sites excluding steroid dienone is 1. The summed E-state index contributed by atoms with van der Waals surface area (Å²) in [5, 5.41) is 11.9. The minimum absolute atomic E-state index is 0.138. The number of hydrogen-bond acceptors (Lipinski definition) is 6. The monoisotopic (exact) mass is 423 g/mol. The Hall–Kier alpha value is -3.59. The first kappa shape index (κ1) is 21.1. The Morgan fingerprint density at radius 2 is 1.93 bits per heavy atom. The Balaban J connectivity index is 1.72. The summed E-state index contributed by atoms with van der Waals surface area (Å²) in [6.45, 7) is 4.28. The van der Waals surface area contributed by atoms with Crippen LogP contribution in [0.1, 0.15) is 10.4 Å². The lowest BCUT2D eigenvalue weighted by molar-refractivity contribution is -0.113. The summed E-state index contributed by atoms with van der Waals surface area (Å²) in [5.41, 5.74) is 6.98. The number of para-hydroxylation sites is 1. The number of nitrogens with one attached hydrogen (secondary N) is 1. The van der Waals surface area contributed by atoms with E-state index in [4.69, 9.17) is 10.5 Å². The second-order valence-corrected chi connectivity index (χ2v) is 7.13. The first-order valence-electron chi connectivity index (χ1n) is 9.03. The third-order valence-corrected chi connectivity index (χ3v) is 5.13. The molecule has 3 N–H and O–H groups in total. The lowest BCUT2D eigenvalue weighted by Gasteiger charge is -2.10. The number of hydrogen-bond donors (Lipinski definition) is 2. The molecule has 30 heavy (non-hydrogen) atoms. The van der Waals surface area contributed by atoms with Crippen LogP contribution in [0.2, 0.25) is 0 Å². The van der Waals surface area contributed by atoms with Crippen LogP contribution in [0.3, 0.4) is 0 Å². The maximum atomic E-state index is 12.3. The van der Waals surface area contributed by atoms with E-state index < -0.39 is 5.91 Å². The molecule has 2 amide bonds. The zero-order valence-corrected chi connectivity index (χ0v) is 17.2. The van der Waals surface area contributed by atoms with Crippen LogP contribution in [0, 0.1) is 0 Å². The van der Waals surface area contributed by atoms with Gasteiger partial charge in [-0.2, -0.15) is 0 Å². The molecule has 154 valence electrons. The molecular formula is C21H21N5O3S. The molecule has 3 rings (SSSR count). The van der Waals surface area contributed by atoms with E-state index in [2.05, 4.69) is 22.1 Å². The van der Waals surface area contributed by atoms with Gasteiger partial charge in [0.15, 0.2) is 11.0 Å². The van der Waals surface area contributed by atoms with Gasteiger partial charge in [0.2, 0.25) is 11.8 Å². The van der Waals surface area contributed by atoms with Crippen LogP contribution in [0.25, 0.3) is 11.4 Å². The number of amides is 2. The van der Waals surface area contributed by atoms with E-state index in [0.717, 1.165) is 5.56 Å². The topological polar surface area (TPSA) is 112 Å². The van der Waals surface area contributed by atoms with Crippen molar-refractivity contribution in [2.45, 2.75) is 11.7 Å². The number of nitrogens with two attached hydrogens (primary N) is 1. The predicted molar refractivity (Wildman–Crippen MR) is 117 cm³/mol. The number of nitrogens with zero attached hydrogens (tertiary/aromatic N) is 3. The van der Waals surface area contributed by atoms with Crippen molar-refractivity contribution >= 4 is 29.3 Å². The molecule has 0 radical (unpaired) electrons. The summed E-state index contributed by atoms with van der Waals surface area (Å²) in [7, 11) is 1.60. The maximum absolute atomic E-state index is 12.3. The highest BCUT2D eigenvalue weighted by Gasteiger charge is 2.17. The molecule has 1 aromatic heterocycles. The summed E-state index contributed by atoms with van der Waals surface area (Å²) in [6.07, 6.45) is 1.74. The van der Waals surface area contributed by atoms with Crippen LogP contribution in [-0.2, 0) is 11.3 Å². The third-order valence-electron chi connectivity index (χ3n) is 4.16. The van der Waals surface area contributed by atoms with Crippen LogP contribution in [0.4, 0.5) is 5.69 Å². The lowest BCUT2D eigenvalue weighted by Crippen LogP contribution is -2.15. The summed E-state index contributed by atoms with van der Waals surface area (Å²) in [5.74, 6) is 0.731. The zero-order chi connectivity index (χ0) is 21.5. The molecular weight excluding hydrogens is 402 g/mol. The number of primary amides is 1. The number of carbonyl (C=O) groups excluding carboxylic acids is 2. The largest absolute Gasteiger partial charge is 0.496 e. The van der Waals surface area contributed by atoms with E-state index in [-0.39, 0.29) is 11.7 Å². The van der Waals surface area contributed by atoms with Crippen molar-refractivity contribution in [3.8, 4) is 17.1 Å². The molecule has 0 bridgehead atoms. The lowest BCUT2D eigenvalue weighted by atomic mass is 10.2. The molecule has 1 heterocycles. The van der Waals surface area contributed by atoms with E-state index in [1.54, 1.807) is 37.5 Å². The average molecular weight is 423 g/mol. The summed E-state index contributed by atoms with van der Waals surface area (Å²) in [4.78, 5) is 23.5. The van der Waals surface area contributed by atoms with Crippen molar-refractivity contribution in [3.63, 3.8) is 0 Å². The van der Waals surface area contributed by atoms with Crippen LogP contribution in [-0.4, -0.2) is 39.4 Å². The Morgan fingerprint density at radius 1 is 1.20 bits per heavy atom. The van der Waals surface area contributed by atoms with Gasteiger partial charge in [0.25, 0.3) is 0 Å². The molecule has 0 aliphatic heterocycles. The van der Waals surface area contributed by atoms with Gasteiger partial charge in [-0.1, -0.05) is 30.0 Å². The second-order valence-electron chi connectivity index (χ2n) is 6.18. The number of ether oxygens (including phenoxy) is 1. The highest BCUT2D eigenvalue weighted by atomic mass is 32.2. The number of carbonyl (C=O) groups is 2. The number of anilines is 1. The van der Waals surface area contributed by atoms with Crippen molar-refractivity contribution < 1.29 is 14.3 Å². The van der Waals surface area contributed by atoms with Crippen LogP contribution in [0.5, 0.6) is 5.75 Å². The molecule has 0 saturated carbocycles. The van der Waals surface area contributed by atoms with Gasteiger partial charge in [0, 0.05) is 17.8 Å². The quantitative estimate of drug-likeness (QED) is 0.404. The van der Waals surface area contributed by atoms with E-state index >= 15 is 0 Å². The predicted octanol–water partition coefficient (Wildman–Crippen LogP) is 2.97. The minimum Gasteiger partial charge on any atom is -0.496 e. The van der Waals surface area contributed by atoms with Gasteiger partial charge in [-0.25, -0.2) is 0 Å². The van der Waals surface area contributed by atoms with Gasteiger partial charge in [-0.3, -0.25) is 14.2 Å². The molecule has 0 atom stereocenters. The number of rotatable bonds is 9. The van der Waals surface area contributed by atoms with Gasteiger partial charge < -0.3 is 15.8 Å². The van der Waals surface area contributed by atoms with Crippen LogP contribution < -0.4 is 15.8 Å². The normalized spacial score (nSPS) is 10.4. The average Bonchev–Trinajstić information content (AvgIpc) is 3.15. The van der Waals surface area contributed by atoms with Gasteiger partial charge in [-0.15, -0.1) is 16.8 Å². The highest BCUT2D eigenvalue weighted by Crippen LogP contribution is 2.30. The van der Waals surface area contributed by atoms with Crippen molar-refractivity contribution in [1.82, 2.24) is 14.8 Å². The van der Waals surface area contributed by atoms with E-state index in [0.29, 0.717) is 34.5 Å². The third kappa shape index (κ3) is 4.87. The Morgan fingerprint density at radius 3 is 2.60 bits per heavy atom. The molecule has 9 heteroatoms. The number of benzene rings is 2. The van der Waals surface area contributed by atoms with Crippen molar-refractivity contribution in [3.05, 3.63) is 66.7 Å². The highest BCUT2D eigenvalue weighted by molar-refractivity contribution is 7.99.